The second kappa shape index (κ2) is 8.13. The SMILES string of the molecule is CCc1ccc(NC(=O)CSc2nnc3cc(C)c4ccc(OC)cc4n23)cc1. The van der Waals surface area contributed by atoms with Crippen LogP contribution in [-0.4, -0.2) is 33.4 Å². The number of fused-ring (bicyclic) bond motifs is 3. The minimum Gasteiger partial charge on any atom is -0.497 e. The summed E-state index contributed by atoms with van der Waals surface area (Å²) in [6.07, 6.45) is 0.974. The number of pyridine rings is 1. The summed E-state index contributed by atoms with van der Waals surface area (Å²) in [6.45, 7) is 4.15. The van der Waals surface area contributed by atoms with Crippen LogP contribution < -0.4 is 10.1 Å². The van der Waals surface area contributed by atoms with Crippen molar-refractivity contribution >= 4 is 39.9 Å². The number of carbonyl (C=O) groups is 1. The van der Waals surface area contributed by atoms with Crippen LogP contribution in [0.4, 0.5) is 5.69 Å². The Morgan fingerprint density at radius 3 is 2.66 bits per heavy atom. The molecular formula is C22H22N4O2S. The molecule has 0 saturated heterocycles. The number of rotatable bonds is 6. The zero-order valence-electron chi connectivity index (χ0n) is 16.6. The standard InChI is InChI=1S/C22H22N4O2S/c1-4-15-5-7-16(8-6-15)23-21(27)13-29-22-25-24-20-11-14(2)18-10-9-17(28-3)12-19(18)26(20)22/h5-12H,4,13H2,1-3H3,(H,23,27). The maximum Gasteiger partial charge on any atom is 0.234 e. The van der Waals surface area contributed by atoms with Gasteiger partial charge >= 0.3 is 0 Å². The number of hydrogen-bond acceptors (Lipinski definition) is 5. The summed E-state index contributed by atoms with van der Waals surface area (Å²) >= 11 is 1.36. The van der Waals surface area contributed by atoms with E-state index in [2.05, 4.69) is 22.4 Å². The molecule has 0 saturated carbocycles. The van der Waals surface area contributed by atoms with Gasteiger partial charge in [0.1, 0.15) is 5.75 Å². The molecule has 7 heteroatoms. The van der Waals surface area contributed by atoms with Gasteiger partial charge in [-0.3, -0.25) is 9.20 Å². The van der Waals surface area contributed by atoms with Crippen molar-refractivity contribution in [3.63, 3.8) is 0 Å². The molecule has 6 nitrogen and oxygen atoms in total. The third-order valence-corrected chi connectivity index (χ3v) is 5.78. The molecule has 1 amide bonds. The number of ether oxygens (including phenoxy) is 1. The van der Waals surface area contributed by atoms with Crippen LogP contribution in [0.15, 0.2) is 53.7 Å². The van der Waals surface area contributed by atoms with E-state index in [0.29, 0.717) is 5.16 Å². The molecule has 0 fully saturated rings. The highest BCUT2D eigenvalue weighted by Gasteiger charge is 2.14. The predicted octanol–water partition coefficient (Wildman–Crippen LogP) is 4.49. The van der Waals surface area contributed by atoms with Gasteiger partial charge < -0.3 is 10.1 Å². The van der Waals surface area contributed by atoms with Crippen LogP contribution in [0.3, 0.4) is 0 Å². The van der Waals surface area contributed by atoms with Crippen molar-refractivity contribution in [3.05, 3.63) is 59.7 Å². The van der Waals surface area contributed by atoms with Gasteiger partial charge in [-0.05, 0) is 54.8 Å². The van der Waals surface area contributed by atoms with Crippen molar-refractivity contribution in [2.75, 3.05) is 18.2 Å². The first-order valence-corrected chi connectivity index (χ1v) is 10.4. The fourth-order valence-corrected chi connectivity index (χ4v) is 4.03. The van der Waals surface area contributed by atoms with Crippen LogP contribution in [0.5, 0.6) is 5.75 Å². The zero-order valence-corrected chi connectivity index (χ0v) is 17.4. The highest BCUT2D eigenvalue weighted by atomic mass is 32.2. The summed E-state index contributed by atoms with van der Waals surface area (Å²) in [7, 11) is 1.65. The third-order valence-electron chi connectivity index (χ3n) is 4.85. The largest absolute Gasteiger partial charge is 0.497 e. The van der Waals surface area contributed by atoms with Crippen LogP contribution in [0.25, 0.3) is 16.6 Å². The molecule has 0 atom stereocenters. The number of carbonyl (C=O) groups excluding carboxylic acids is 1. The minimum atomic E-state index is -0.0787. The Balaban J connectivity index is 1.57. The average molecular weight is 407 g/mol. The van der Waals surface area contributed by atoms with Crippen LogP contribution >= 0.6 is 11.8 Å². The lowest BCUT2D eigenvalue weighted by Crippen LogP contribution is -2.14. The number of hydrogen-bond donors (Lipinski definition) is 1. The van der Waals surface area contributed by atoms with E-state index < -0.39 is 0 Å². The highest BCUT2D eigenvalue weighted by Crippen LogP contribution is 2.28. The molecule has 2 aromatic heterocycles. The smallest absolute Gasteiger partial charge is 0.234 e. The molecule has 29 heavy (non-hydrogen) atoms. The van der Waals surface area contributed by atoms with E-state index in [4.69, 9.17) is 4.74 Å². The number of aromatic nitrogens is 3. The molecule has 0 unspecified atom stereocenters. The van der Waals surface area contributed by atoms with Gasteiger partial charge in [-0.15, -0.1) is 10.2 Å². The van der Waals surface area contributed by atoms with E-state index in [-0.39, 0.29) is 11.7 Å². The number of thioether (sulfide) groups is 1. The number of nitrogens with one attached hydrogen (secondary N) is 1. The van der Waals surface area contributed by atoms with Crippen LogP contribution in [-0.2, 0) is 11.2 Å². The quantitative estimate of drug-likeness (QED) is 0.478. The van der Waals surface area contributed by atoms with Crippen molar-refractivity contribution < 1.29 is 9.53 Å². The Hall–Kier alpha value is -3.06. The Labute approximate surface area is 173 Å². The Bertz CT molecular complexity index is 1190. The van der Waals surface area contributed by atoms with Gasteiger partial charge in [-0.1, -0.05) is 30.8 Å². The Morgan fingerprint density at radius 2 is 1.93 bits per heavy atom. The first kappa shape index (κ1) is 19.3. The molecule has 0 radical (unpaired) electrons. The van der Waals surface area contributed by atoms with Crippen molar-refractivity contribution in [3.8, 4) is 5.75 Å². The van der Waals surface area contributed by atoms with Gasteiger partial charge in [0.15, 0.2) is 10.8 Å². The lowest BCUT2D eigenvalue weighted by Gasteiger charge is -2.09. The summed E-state index contributed by atoms with van der Waals surface area (Å²) in [4.78, 5) is 12.4. The third kappa shape index (κ3) is 3.91. The molecule has 0 spiro atoms. The monoisotopic (exact) mass is 406 g/mol. The number of amides is 1. The fourth-order valence-electron chi connectivity index (χ4n) is 3.27. The lowest BCUT2D eigenvalue weighted by molar-refractivity contribution is -0.113. The number of aryl methyl sites for hydroxylation is 2. The summed E-state index contributed by atoms with van der Waals surface area (Å²) in [5.41, 5.74) is 4.87. The summed E-state index contributed by atoms with van der Waals surface area (Å²) in [6, 6.07) is 15.8. The molecule has 0 aliphatic rings. The van der Waals surface area contributed by atoms with Gasteiger partial charge in [-0.25, -0.2) is 0 Å². The summed E-state index contributed by atoms with van der Waals surface area (Å²) < 4.78 is 7.35. The molecule has 2 aromatic carbocycles. The normalized spacial score (nSPS) is 11.1. The van der Waals surface area contributed by atoms with Gasteiger partial charge in [0, 0.05) is 17.1 Å². The Morgan fingerprint density at radius 1 is 1.14 bits per heavy atom. The van der Waals surface area contributed by atoms with Crippen molar-refractivity contribution in [1.82, 2.24) is 14.6 Å². The number of anilines is 1. The Kier molecular flexibility index (Phi) is 5.40. The highest BCUT2D eigenvalue weighted by molar-refractivity contribution is 7.99. The minimum absolute atomic E-state index is 0.0787. The van der Waals surface area contributed by atoms with E-state index >= 15 is 0 Å². The lowest BCUT2D eigenvalue weighted by atomic mass is 10.1. The van der Waals surface area contributed by atoms with Gasteiger partial charge in [0.05, 0.1) is 18.4 Å². The number of methoxy groups -OCH3 is 1. The zero-order chi connectivity index (χ0) is 20.4. The first-order valence-electron chi connectivity index (χ1n) is 9.43. The molecule has 1 N–H and O–H groups in total. The van der Waals surface area contributed by atoms with Crippen molar-refractivity contribution in [1.29, 1.82) is 0 Å². The van der Waals surface area contributed by atoms with Gasteiger partial charge in [-0.2, -0.15) is 0 Å². The average Bonchev–Trinajstić information content (AvgIpc) is 3.15. The molecule has 0 bridgehead atoms. The van der Waals surface area contributed by atoms with Gasteiger partial charge in [0.25, 0.3) is 0 Å². The summed E-state index contributed by atoms with van der Waals surface area (Å²) in [5, 5.41) is 13.3. The van der Waals surface area contributed by atoms with E-state index in [0.717, 1.165) is 40.0 Å². The molecule has 0 aliphatic heterocycles. The molecule has 2 heterocycles. The molecule has 4 aromatic rings. The fraction of sp³-hybridized carbons (Fsp3) is 0.227. The second-order valence-corrected chi connectivity index (χ2v) is 7.72. The predicted molar refractivity (Wildman–Crippen MR) is 117 cm³/mol. The molecule has 0 aliphatic carbocycles. The molecule has 148 valence electrons. The second-order valence-electron chi connectivity index (χ2n) is 6.77. The summed E-state index contributed by atoms with van der Waals surface area (Å²) in [5.74, 6) is 0.933. The van der Waals surface area contributed by atoms with Gasteiger partial charge in [0.2, 0.25) is 5.91 Å². The molecule has 4 rings (SSSR count). The number of benzene rings is 2. The van der Waals surface area contributed by atoms with E-state index in [9.17, 15) is 4.79 Å². The van der Waals surface area contributed by atoms with Crippen molar-refractivity contribution in [2.24, 2.45) is 0 Å². The van der Waals surface area contributed by atoms with Crippen LogP contribution in [0, 0.1) is 6.92 Å². The van der Waals surface area contributed by atoms with E-state index in [1.807, 2.05) is 59.9 Å². The molecular weight excluding hydrogens is 384 g/mol. The maximum atomic E-state index is 12.4. The van der Waals surface area contributed by atoms with E-state index in [1.54, 1.807) is 7.11 Å². The van der Waals surface area contributed by atoms with Crippen LogP contribution in [0.1, 0.15) is 18.1 Å². The van der Waals surface area contributed by atoms with E-state index in [1.165, 1.54) is 17.3 Å². The number of nitrogens with zero attached hydrogens (tertiary/aromatic N) is 3. The first-order chi connectivity index (χ1) is 14.1. The van der Waals surface area contributed by atoms with Crippen molar-refractivity contribution in [2.45, 2.75) is 25.4 Å². The van der Waals surface area contributed by atoms with Crippen LogP contribution in [0.2, 0.25) is 0 Å². The maximum absolute atomic E-state index is 12.4. The topological polar surface area (TPSA) is 68.5 Å².